The zero-order chi connectivity index (χ0) is 21.1. The molecule has 0 aliphatic carbocycles. The van der Waals surface area contributed by atoms with Crippen LogP contribution in [0.25, 0.3) is 0 Å². The molecule has 4 rings (SSSR count). The van der Waals surface area contributed by atoms with Gasteiger partial charge in [0.25, 0.3) is 11.8 Å². The van der Waals surface area contributed by atoms with Gasteiger partial charge in [-0.05, 0) is 43.5 Å². The fourth-order valence-electron chi connectivity index (χ4n) is 4.00. The molecule has 0 saturated carbocycles. The van der Waals surface area contributed by atoms with Gasteiger partial charge in [0.15, 0.2) is 0 Å². The van der Waals surface area contributed by atoms with Crippen LogP contribution in [0.4, 0.5) is 5.69 Å². The second-order valence-corrected chi connectivity index (χ2v) is 7.62. The van der Waals surface area contributed by atoms with Crippen molar-refractivity contribution >= 4 is 17.5 Å². The summed E-state index contributed by atoms with van der Waals surface area (Å²) in [6, 6.07) is 19.6. The number of amides is 2. The second kappa shape index (κ2) is 8.49. The van der Waals surface area contributed by atoms with Crippen LogP contribution in [0.1, 0.15) is 45.7 Å². The molecule has 3 aromatic rings. The summed E-state index contributed by atoms with van der Waals surface area (Å²) < 4.78 is 0. The first-order chi connectivity index (χ1) is 14.6. The van der Waals surface area contributed by atoms with Crippen molar-refractivity contribution in [2.45, 2.75) is 32.9 Å². The topological polar surface area (TPSA) is 53.5 Å². The van der Waals surface area contributed by atoms with Crippen LogP contribution >= 0.6 is 0 Å². The maximum Gasteiger partial charge on any atom is 0.260 e. The normalized spacial score (nSPS) is 15.0. The number of fused-ring (bicyclic) bond motifs is 1. The maximum absolute atomic E-state index is 13.3. The molecule has 1 aliphatic heterocycles. The summed E-state index contributed by atoms with van der Waals surface area (Å²) >= 11 is 0. The van der Waals surface area contributed by atoms with Gasteiger partial charge in [0, 0.05) is 37.2 Å². The predicted octanol–water partition coefficient (Wildman–Crippen LogP) is 4.34. The van der Waals surface area contributed by atoms with Gasteiger partial charge >= 0.3 is 0 Å². The third kappa shape index (κ3) is 3.83. The molecule has 0 bridgehead atoms. The lowest BCUT2D eigenvalue weighted by Crippen LogP contribution is -2.36. The Bertz CT molecular complexity index is 1060. The Morgan fingerprint density at radius 2 is 1.73 bits per heavy atom. The van der Waals surface area contributed by atoms with Crippen LogP contribution in [-0.4, -0.2) is 34.3 Å². The van der Waals surface area contributed by atoms with E-state index >= 15 is 0 Å². The Balaban J connectivity index is 1.58. The van der Waals surface area contributed by atoms with Crippen LogP contribution in [0.15, 0.2) is 73.1 Å². The van der Waals surface area contributed by atoms with Crippen LogP contribution in [0.2, 0.25) is 0 Å². The predicted molar refractivity (Wildman–Crippen MR) is 118 cm³/mol. The van der Waals surface area contributed by atoms with Crippen molar-refractivity contribution in [1.82, 2.24) is 9.88 Å². The number of hydrogen-bond donors (Lipinski definition) is 0. The van der Waals surface area contributed by atoms with Crippen molar-refractivity contribution in [1.29, 1.82) is 0 Å². The molecular weight excluding hydrogens is 374 g/mol. The molecule has 5 heteroatoms. The Kier molecular flexibility index (Phi) is 5.61. The first-order valence-corrected chi connectivity index (χ1v) is 10.3. The molecule has 5 nitrogen and oxygen atoms in total. The van der Waals surface area contributed by atoms with Crippen molar-refractivity contribution < 1.29 is 9.59 Å². The number of pyridine rings is 1. The summed E-state index contributed by atoms with van der Waals surface area (Å²) in [5.74, 6) is -0.251. The summed E-state index contributed by atoms with van der Waals surface area (Å²) in [4.78, 5) is 34.2. The molecule has 2 amide bonds. The minimum Gasteiger partial charge on any atom is -0.335 e. The van der Waals surface area contributed by atoms with E-state index in [1.807, 2.05) is 67.3 Å². The zero-order valence-corrected chi connectivity index (χ0v) is 17.3. The van der Waals surface area contributed by atoms with Crippen molar-refractivity contribution in [3.05, 3.63) is 95.3 Å². The molecule has 1 aromatic heterocycles. The van der Waals surface area contributed by atoms with E-state index in [0.717, 1.165) is 17.7 Å². The molecule has 152 valence electrons. The summed E-state index contributed by atoms with van der Waals surface area (Å²) in [6.45, 7) is 5.08. The molecule has 2 aromatic carbocycles. The van der Waals surface area contributed by atoms with Crippen molar-refractivity contribution in [3.8, 4) is 0 Å². The molecule has 2 heterocycles. The smallest absolute Gasteiger partial charge is 0.260 e. The summed E-state index contributed by atoms with van der Waals surface area (Å²) in [7, 11) is 0. The fraction of sp³-hybridized carbons (Fsp3) is 0.240. The highest BCUT2D eigenvalue weighted by atomic mass is 16.2. The Morgan fingerprint density at radius 3 is 2.50 bits per heavy atom. The number of carbonyl (C=O) groups is 2. The first kappa shape index (κ1) is 19.8. The number of anilines is 1. The highest BCUT2D eigenvalue weighted by molar-refractivity contribution is 6.08. The Morgan fingerprint density at radius 1 is 1.03 bits per heavy atom. The van der Waals surface area contributed by atoms with E-state index in [-0.39, 0.29) is 17.9 Å². The van der Waals surface area contributed by atoms with Crippen LogP contribution in [0, 0.1) is 0 Å². The molecule has 1 aliphatic rings. The molecule has 0 N–H and O–H groups in total. The van der Waals surface area contributed by atoms with E-state index in [2.05, 4.69) is 11.1 Å². The molecule has 30 heavy (non-hydrogen) atoms. The SMILES string of the molecule is CCN(Cc1ccccc1)C(=O)c1cncc(C(=O)N2c3ccccc3CC2C)c1. The van der Waals surface area contributed by atoms with Crippen LogP contribution in [-0.2, 0) is 13.0 Å². The molecule has 1 unspecified atom stereocenters. The van der Waals surface area contributed by atoms with Crippen LogP contribution < -0.4 is 4.90 Å². The zero-order valence-electron chi connectivity index (χ0n) is 17.3. The van der Waals surface area contributed by atoms with Gasteiger partial charge in [-0.25, -0.2) is 0 Å². The highest BCUT2D eigenvalue weighted by Crippen LogP contribution is 2.33. The van der Waals surface area contributed by atoms with Gasteiger partial charge in [-0.2, -0.15) is 0 Å². The van der Waals surface area contributed by atoms with Crippen molar-refractivity contribution in [2.75, 3.05) is 11.4 Å². The van der Waals surface area contributed by atoms with Gasteiger partial charge < -0.3 is 9.80 Å². The van der Waals surface area contributed by atoms with Gasteiger partial charge in [0.2, 0.25) is 0 Å². The Labute approximate surface area is 177 Å². The van der Waals surface area contributed by atoms with Gasteiger partial charge in [0.1, 0.15) is 0 Å². The van der Waals surface area contributed by atoms with Gasteiger partial charge in [-0.1, -0.05) is 48.5 Å². The number of para-hydroxylation sites is 1. The minimum absolute atomic E-state index is 0.0690. The fourth-order valence-corrected chi connectivity index (χ4v) is 4.00. The lowest BCUT2D eigenvalue weighted by molar-refractivity contribution is 0.0752. The monoisotopic (exact) mass is 399 g/mol. The third-order valence-corrected chi connectivity index (χ3v) is 5.54. The quantitative estimate of drug-likeness (QED) is 0.641. The molecule has 1 atom stereocenters. The lowest BCUT2D eigenvalue weighted by Gasteiger charge is -2.24. The third-order valence-electron chi connectivity index (χ3n) is 5.54. The largest absolute Gasteiger partial charge is 0.335 e. The molecule has 0 saturated heterocycles. The lowest BCUT2D eigenvalue weighted by atomic mass is 10.1. The first-order valence-electron chi connectivity index (χ1n) is 10.3. The molecule has 0 spiro atoms. The number of carbonyl (C=O) groups excluding carboxylic acids is 2. The summed E-state index contributed by atoms with van der Waals surface area (Å²) in [6.07, 6.45) is 3.91. The van der Waals surface area contributed by atoms with Gasteiger partial charge in [-0.15, -0.1) is 0 Å². The van der Waals surface area contributed by atoms with Crippen LogP contribution in [0.5, 0.6) is 0 Å². The van der Waals surface area contributed by atoms with E-state index in [0.29, 0.717) is 24.2 Å². The number of hydrogen-bond acceptors (Lipinski definition) is 3. The number of nitrogens with zero attached hydrogens (tertiary/aromatic N) is 3. The standard InChI is InChI=1S/C25H25N3O2/c1-3-27(17-19-9-5-4-6-10-19)24(29)21-14-22(16-26-15-21)25(30)28-18(2)13-20-11-7-8-12-23(20)28/h4-12,14-16,18H,3,13,17H2,1-2H3. The van der Waals surface area contributed by atoms with Gasteiger partial charge in [-0.3, -0.25) is 14.6 Å². The van der Waals surface area contributed by atoms with E-state index < -0.39 is 0 Å². The number of benzene rings is 2. The average Bonchev–Trinajstić information content (AvgIpc) is 3.13. The maximum atomic E-state index is 13.3. The highest BCUT2D eigenvalue weighted by Gasteiger charge is 2.31. The second-order valence-electron chi connectivity index (χ2n) is 7.62. The van der Waals surface area contributed by atoms with Gasteiger partial charge in [0.05, 0.1) is 11.1 Å². The average molecular weight is 399 g/mol. The van der Waals surface area contributed by atoms with Crippen molar-refractivity contribution in [3.63, 3.8) is 0 Å². The Hall–Kier alpha value is -3.47. The van der Waals surface area contributed by atoms with Crippen molar-refractivity contribution in [2.24, 2.45) is 0 Å². The molecule has 0 radical (unpaired) electrons. The molecular formula is C25H25N3O2. The summed E-state index contributed by atoms with van der Waals surface area (Å²) in [5, 5.41) is 0. The van der Waals surface area contributed by atoms with E-state index in [1.165, 1.54) is 11.8 Å². The van der Waals surface area contributed by atoms with E-state index in [9.17, 15) is 9.59 Å². The summed E-state index contributed by atoms with van der Waals surface area (Å²) in [5.41, 5.74) is 4.03. The molecule has 0 fully saturated rings. The minimum atomic E-state index is -0.127. The van der Waals surface area contributed by atoms with Crippen LogP contribution in [0.3, 0.4) is 0 Å². The number of rotatable bonds is 5. The number of aromatic nitrogens is 1. The van der Waals surface area contributed by atoms with E-state index in [1.54, 1.807) is 17.2 Å². The van der Waals surface area contributed by atoms with E-state index in [4.69, 9.17) is 0 Å².